The summed E-state index contributed by atoms with van der Waals surface area (Å²) in [5.41, 5.74) is 2.42. The number of benzene rings is 2. The summed E-state index contributed by atoms with van der Waals surface area (Å²) in [4.78, 5) is 12.0. The standard InChI is InChI=1S/C18H22N2O/c1-15(12-19-13-16-8-4-2-5-9-16)18(21)20-14-17-10-6-3-7-11-17/h2-11,15,19H,12-14H2,1H3,(H,20,21)/p+1/t15-/m0/s1. The molecule has 0 aliphatic heterocycles. The molecule has 1 atom stereocenters. The van der Waals surface area contributed by atoms with E-state index in [1.54, 1.807) is 0 Å². The fourth-order valence-electron chi connectivity index (χ4n) is 2.18. The second-order valence-electron chi connectivity index (χ2n) is 5.32. The highest BCUT2D eigenvalue weighted by Gasteiger charge is 2.14. The molecule has 3 nitrogen and oxygen atoms in total. The zero-order chi connectivity index (χ0) is 14.9. The Balaban J connectivity index is 1.68. The molecule has 110 valence electrons. The number of amides is 1. The van der Waals surface area contributed by atoms with Crippen LogP contribution in [0.1, 0.15) is 18.1 Å². The predicted octanol–water partition coefficient (Wildman–Crippen LogP) is 1.70. The van der Waals surface area contributed by atoms with E-state index in [9.17, 15) is 4.79 Å². The Morgan fingerprint density at radius 1 is 1.00 bits per heavy atom. The van der Waals surface area contributed by atoms with Crippen LogP contribution in [0.4, 0.5) is 0 Å². The van der Waals surface area contributed by atoms with Crippen LogP contribution in [-0.2, 0) is 17.9 Å². The van der Waals surface area contributed by atoms with Crippen molar-refractivity contribution >= 4 is 5.91 Å². The predicted molar refractivity (Wildman–Crippen MR) is 84.4 cm³/mol. The second kappa shape index (κ2) is 8.22. The van der Waals surface area contributed by atoms with Gasteiger partial charge >= 0.3 is 0 Å². The Morgan fingerprint density at radius 2 is 1.57 bits per heavy atom. The van der Waals surface area contributed by atoms with E-state index in [1.165, 1.54) is 5.56 Å². The van der Waals surface area contributed by atoms with Gasteiger partial charge in [-0.05, 0) is 12.5 Å². The molecule has 0 bridgehead atoms. The van der Waals surface area contributed by atoms with Gasteiger partial charge in [0, 0.05) is 12.1 Å². The van der Waals surface area contributed by atoms with Crippen LogP contribution in [0.3, 0.4) is 0 Å². The minimum atomic E-state index is 0.0115. The molecule has 2 rings (SSSR count). The van der Waals surface area contributed by atoms with E-state index in [-0.39, 0.29) is 11.8 Å². The molecule has 0 aliphatic rings. The Bertz CT molecular complexity index is 540. The van der Waals surface area contributed by atoms with Crippen molar-refractivity contribution < 1.29 is 10.1 Å². The van der Waals surface area contributed by atoms with Gasteiger partial charge in [-0.2, -0.15) is 0 Å². The summed E-state index contributed by atoms with van der Waals surface area (Å²) < 4.78 is 0. The van der Waals surface area contributed by atoms with E-state index in [4.69, 9.17) is 0 Å². The number of hydrogen-bond donors (Lipinski definition) is 2. The van der Waals surface area contributed by atoms with E-state index < -0.39 is 0 Å². The van der Waals surface area contributed by atoms with Crippen LogP contribution in [-0.4, -0.2) is 12.5 Å². The van der Waals surface area contributed by atoms with Crippen molar-refractivity contribution in [3.63, 3.8) is 0 Å². The van der Waals surface area contributed by atoms with E-state index >= 15 is 0 Å². The number of rotatable bonds is 7. The van der Waals surface area contributed by atoms with Crippen LogP contribution in [0.2, 0.25) is 0 Å². The van der Waals surface area contributed by atoms with Gasteiger partial charge < -0.3 is 10.6 Å². The molecular weight excluding hydrogens is 260 g/mol. The molecular formula is C18H23N2O+. The number of hydrogen-bond acceptors (Lipinski definition) is 1. The molecule has 0 saturated heterocycles. The third-order valence-corrected chi connectivity index (χ3v) is 3.50. The van der Waals surface area contributed by atoms with E-state index in [0.717, 1.165) is 18.7 Å². The number of carbonyl (C=O) groups excluding carboxylic acids is 1. The van der Waals surface area contributed by atoms with Crippen molar-refractivity contribution in [1.82, 2.24) is 5.32 Å². The van der Waals surface area contributed by atoms with Crippen LogP contribution in [0.25, 0.3) is 0 Å². The number of quaternary nitrogens is 1. The van der Waals surface area contributed by atoms with Crippen LogP contribution in [0.15, 0.2) is 60.7 Å². The van der Waals surface area contributed by atoms with E-state index in [2.05, 4.69) is 22.8 Å². The molecule has 0 saturated carbocycles. The van der Waals surface area contributed by atoms with Gasteiger partial charge in [0.25, 0.3) is 0 Å². The van der Waals surface area contributed by atoms with Gasteiger partial charge in [-0.25, -0.2) is 0 Å². The molecule has 2 aromatic rings. The summed E-state index contributed by atoms with van der Waals surface area (Å²) in [6.45, 7) is 4.29. The van der Waals surface area contributed by atoms with Gasteiger partial charge in [0.05, 0.1) is 12.5 Å². The molecule has 1 amide bonds. The summed E-state index contributed by atoms with van der Waals surface area (Å²) in [6.07, 6.45) is 0. The molecule has 0 radical (unpaired) electrons. The minimum Gasteiger partial charge on any atom is -0.352 e. The van der Waals surface area contributed by atoms with Crippen molar-refractivity contribution in [3.8, 4) is 0 Å². The lowest BCUT2D eigenvalue weighted by molar-refractivity contribution is -0.673. The summed E-state index contributed by atoms with van der Waals surface area (Å²) in [5, 5.41) is 5.17. The third-order valence-electron chi connectivity index (χ3n) is 3.50. The highest BCUT2D eigenvalue weighted by atomic mass is 16.1. The van der Waals surface area contributed by atoms with Gasteiger partial charge in [-0.15, -0.1) is 0 Å². The van der Waals surface area contributed by atoms with Crippen molar-refractivity contribution in [2.24, 2.45) is 5.92 Å². The Morgan fingerprint density at radius 3 is 2.19 bits per heavy atom. The maximum absolute atomic E-state index is 12.0. The molecule has 3 heteroatoms. The Hall–Kier alpha value is -2.13. The van der Waals surface area contributed by atoms with E-state index in [1.807, 2.05) is 55.5 Å². The molecule has 2 aromatic carbocycles. The molecule has 0 spiro atoms. The molecule has 0 aliphatic carbocycles. The summed E-state index contributed by atoms with van der Waals surface area (Å²) in [6, 6.07) is 20.3. The zero-order valence-electron chi connectivity index (χ0n) is 12.5. The lowest BCUT2D eigenvalue weighted by atomic mass is 10.1. The first-order chi connectivity index (χ1) is 10.3. The fraction of sp³-hybridized carbons (Fsp3) is 0.278. The molecule has 0 heterocycles. The summed E-state index contributed by atoms with van der Waals surface area (Å²) in [7, 11) is 0. The third kappa shape index (κ3) is 5.40. The number of carbonyl (C=O) groups is 1. The maximum Gasteiger partial charge on any atom is 0.228 e. The van der Waals surface area contributed by atoms with Gasteiger partial charge in [0.15, 0.2) is 0 Å². The van der Waals surface area contributed by atoms with Crippen molar-refractivity contribution in [2.75, 3.05) is 6.54 Å². The Labute approximate surface area is 126 Å². The maximum atomic E-state index is 12.0. The second-order valence-corrected chi connectivity index (χ2v) is 5.32. The monoisotopic (exact) mass is 283 g/mol. The van der Waals surface area contributed by atoms with Crippen LogP contribution < -0.4 is 10.6 Å². The Kier molecular flexibility index (Phi) is 5.98. The molecule has 0 fully saturated rings. The van der Waals surface area contributed by atoms with Crippen LogP contribution in [0, 0.1) is 5.92 Å². The number of nitrogens with one attached hydrogen (secondary N) is 1. The summed E-state index contributed by atoms with van der Waals surface area (Å²) >= 11 is 0. The molecule has 21 heavy (non-hydrogen) atoms. The van der Waals surface area contributed by atoms with Crippen molar-refractivity contribution in [3.05, 3.63) is 71.8 Å². The molecule has 3 N–H and O–H groups in total. The normalized spacial score (nSPS) is 11.9. The highest BCUT2D eigenvalue weighted by molar-refractivity contribution is 5.78. The van der Waals surface area contributed by atoms with Crippen LogP contribution >= 0.6 is 0 Å². The smallest absolute Gasteiger partial charge is 0.228 e. The van der Waals surface area contributed by atoms with Crippen molar-refractivity contribution in [2.45, 2.75) is 20.0 Å². The van der Waals surface area contributed by atoms with Gasteiger partial charge in [-0.3, -0.25) is 4.79 Å². The lowest BCUT2D eigenvalue weighted by Crippen LogP contribution is -2.84. The average molecular weight is 283 g/mol. The SMILES string of the molecule is C[C@@H](C[NH2+]Cc1ccccc1)C(=O)NCc1ccccc1. The quantitative estimate of drug-likeness (QED) is 0.798. The van der Waals surface area contributed by atoms with Crippen LogP contribution in [0.5, 0.6) is 0 Å². The van der Waals surface area contributed by atoms with Gasteiger partial charge in [0.1, 0.15) is 6.54 Å². The van der Waals surface area contributed by atoms with E-state index in [0.29, 0.717) is 6.54 Å². The van der Waals surface area contributed by atoms with Gasteiger partial charge in [-0.1, -0.05) is 60.7 Å². The largest absolute Gasteiger partial charge is 0.352 e. The van der Waals surface area contributed by atoms with Gasteiger partial charge in [0.2, 0.25) is 5.91 Å². The first-order valence-corrected chi connectivity index (χ1v) is 7.43. The number of nitrogens with two attached hydrogens (primary N) is 1. The first kappa shape index (κ1) is 15.3. The van der Waals surface area contributed by atoms with Crippen molar-refractivity contribution in [1.29, 1.82) is 0 Å². The zero-order valence-corrected chi connectivity index (χ0v) is 12.5. The highest BCUT2D eigenvalue weighted by Crippen LogP contribution is 1.99. The minimum absolute atomic E-state index is 0.0115. The topological polar surface area (TPSA) is 45.7 Å². The molecule has 0 aromatic heterocycles. The summed E-state index contributed by atoms with van der Waals surface area (Å²) in [5.74, 6) is 0.126. The first-order valence-electron chi connectivity index (χ1n) is 7.43. The lowest BCUT2D eigenvalue weighted by Gasteiger charge is -2.11. The fourth-order valence-corrected chi connectivity index (χ4v) is 2.18. The molecule has 0 unspecified atom stereocenters. The average Bonchev–Trinajstić information content (AvgIpc) is 2.54.